The van der Waals surface area contributed by atoms with E-state index in [2.05, 4.69) is 39.4 Å². The van der Waals surface area contributed by atoms with Crippen molar-refractivity contribution in [2.45, 2.75) is 77.3 Å². The second-order valence-corrected chi connectivity index (χ2v) is 5.66. The molecular weight excluding hydrogens is 238 g/mol. The lowest BCUT2D eigenvalue weighted by atomic mass is 9.96. The normalized spacial score (nSPS) is 19.9. The lowest BCUT2D eigenvalue weighted by Gasteiger charge is -2.22. The summed E-state index contributed by atoms with van der Waals surface area (Å²) in [7, 11) is 0. The zero-order valence-corrected chi connectivity index (χ0v) is 12.3. The second-order valence-electron chi connectivity index (χ2n) is 5.66. The maximum atomic E-state index is 4.26. The Hall–Kier alpha value is -0.970. The van der Waals surface area contributed by atoms with Crippen LogP contribution in [0.3, 0.4) is 0 Å². The van der Waals surface area contributed by atoms with E-state index in [0.717, 1.165) is 18.8 Å². The van der Waals surface area contributed by atoms with Crippen LogP contribution in [0.2, 0.25) is 0 Å². The molecule has 108 valence electrons. The molecule has 5 nitrogen and oxygen atoms in total. The van der Waals surface area contributed by atoms with Crippen LogP contribution in [0.15, 0.2) is 0 Å². The maximum absolute atomic E-state index is 4.26. The topological polar surface area (TPSA) is 55.6 Å². The monoisotopic (exact) mass is 265 g/mol. The third kappa shape index (κ3) is 4.00. The molecule has 1 aromatic rings. The minimum atomic E-state index is 0.236. The molecule has 1 saturated carbocycles. The van der Waals surface area contributed by atoms with Crippen LogP contribution in [0.25, 0.3) is 0 Å². The van der Waals surface area contributed by atoms with E-state index in [9.17, 15) is 0 Å². The summed E-state index contributed by atoms with van der Waals surface area (Å²) in [5.74, 6) is 0.999. The van der Waals surface area contributed by atoms with Gasteiger partial charge in [0, 0.05) is 0 Å². The molecule has 1 aliphatic rings. The van der Waals surface area contributed by atoms with Crippen LogP contribution in [0.5, 0.6) is 0 Å². The molecule has 0 amide bonds. The molecule has 0 spiro atoms. The smallest absolute Gasteiger partial charge is 0.168 e. The Morgan fingerprint density at radius 1 is 1.21 bits per heavy atom. The van der Waals surface area contributed by atoms with Gasteiger partial charge in [-0.1, -0.05) is 39.0 Å². The number of aromatic nitrogens is 4. The third-order valence-corrected chi connectivity index (χ3v) is 4.03. The van der Waals surface area contributed by atoms with Crippen LogP contribution < -0.4 is 5.32 Å². The fourth-order valence-corrected chi connectivity index (χ4v) is 2.88. The summed E-state index contributed by atoms with van der Waals surface area (Å²) in [5, 5.41) is 15.9. The van der Waals surface area contributed by atoms with Gasteiger partial charge < -0.3 is 5.32 Å². The maximum Gasteiger partial charge on any atom is 0.168 e. The van der Waals surface area contributed by atoms with Gasteiger partial charge in [0.1, 0.15) is 0 Å². The summed E-state index contributed by atoms with van der Waals surface area (Å²) in [6.45, 7) is 5.34. The van der Waals surface area contributed by atoms with Crippen molar-refractivity contribution in [2.24, 2.45) is 0 Å². The fraction of sp³-hybridized carbons (Fsp3) is 0.929. The lowest BCUT2D eigenvalue weighted by Crippen LogP contribution is -2.25. The summed E-state index contributed by atoms with van der Waals surface area (Å²) in [4.78, 5) is 0. The molecule has 0 aliphatic heterocycles. The SMILES string of the molecule is CCCNC(C)c1nnnn1C1CCCCCCC1. The minimum Gasteiger partial charge on any atom is -0.307 e. The van der Waals surface area contributed by atoms with Gasteiger partial charge in [0.2, 0.25) is 0 Å². The number of nitrogens with zero attached hydrogens (tertiary/aromatic N) is 4. The third-order valence-electron chi connectivity index (χ3n) is 4.03. The van der Waals surface area contributed by atoms with Crippen LogP contribution >= 0.6 is 0 Å². The van der Waals surface area contributed by atoms with Crippen molar-refractivity contribution in [1.29, 1.82) is 0 Å². The highest BCUT2D eigenvalue weighted by molar-refractivity contribution is 4.92. The molecule has 2 rings (SSSR count). The molecule has 0 radical (unpaired) electrons. The molecule has 1 fully saturated rings. The van der Waals surface area contributed by atoms with Gasteiger partial charge in [-0.05, 0) is 43.2 Å². The molecule has 0 saturated heterocycles. The molecule has 1 heterocycles. The Labute approximate surface area is 116 Å². The van der Waals surface area contributed by atoms with Crippen molar-refractivity contribution in [3.05, 3.63) is 5.82 Å². The Morgan fingerprint density at radius 2 is 1.89 bits per heavy atom. The molecule has 1 aliphatic carbocycles. The fourth-order valence-electron chi connectivity index (χ4n) is 2.88. The molecule has 1 unspecified atom stereocenters. The van der Waals surface area contributed by atoms with Gasteiger partial charge in [0.05, 0.1) is 12.1 Å². The predicted molar refractivity (Wildman–Crippen MR) is 75.9 cm³/mol. The quantitative estimate of drug-likeness (QED) is 0.889. The molecule has 0 bridgehead atoms. The molecule has 19 heavy (non-hydrogen) atoms. The van der Waals surface area contributed by atoms with Gasteiger partial charge >= 0.3 is 0 Å². The molecule has 5 heteroatoms. The van der Waals surface area contributed by atoms with E-state index in [1.807, 2.05) is 0 Å². The van der Waals surface area contributed by atoms with Gasteiger partial charge in [-0.2, -0.15) is 0 Å². The highest BCUT2D eigenvalue weighted by Gasteiger charge is 2.21. The van der Waals surface area contributed by atoms with Gasteiger partial charge in [0.15, 0.2) is 5.82 Å². The van der Waals surface area contributed by atoms with Crippen molar-refractivity contribution in [1.82, 2.24) is 25.5 Å². The molecular formula is C14H27N5. The summed E-state index contributed by atoms with van der Waals surface area (Å²) < 4.78 is 2.08. The van der Waals surface area contributed by atoms with Crippen LogP contribution in [-0.4, -0.2) is 26.8 Å². The molecule has 1 aromatic heterocycles. The van der Waals surface area contributed by atoms with Crippen molar-refractivity contribution in [3.63, 3.8) is 0 Å². The number of hydrogen-bond donors (Lipinski definition) is 1. The van der Waals surface area contributed by atoms with E-state index in [-0.39, 0.29) is 6.04 Å². The van der Waals surface area contributed by atoms with E-state index in [4.69, 9.17) is 0 Å². The Kier molecular flexibility index (Phi) is 5.76. The van der Waals surface area contributed by atoms with Crippen LogP contribution in [0, 0.1) is 0 Å². The lowest BCUT2D eigenvalue weighted by molar-refractivity contribution is 0.325. The van der Waals surface area contributed by atoms with Gasteiger partial charge in [-0.3, -0.25) is 0 Å². The minimum absolute atomic E-state index is 0.236. The molecule has 1 atom stereocenters. The van der Waals surface area contributed by atoms with Crippen molar-refractivity contribution >= 4 is 0 Å². The van der Waals surface area contributed by atoms with Crippen LogP contribution in [0.4, 0.5) is 0 Å². The van der Waals surface area contributed by atoms with Gasteiger partial charge in [-0.15, -0.1) is 5.10 Å². The number of tetrazole rings is 1. The van der Waals surface area contributed by atoms with E-state index in [1.54, 1.807) is 0 Å². The summed E-state index contributed by atoms with van der Waals surface area (Å²) in [6.07, 6.45) is 10.3. The summed E-state index contributed by atoms with van der Waals surface area (Å²) in [5.41, 5.74) is 0. The summed E-state index contributed by atoms with van der Waals surface area (Å²) >= 11 is 0. The predicted octanol–water partition coefficient (Wildman–Crippen LogP) is 3.02. The molecule has 0 aromatic carbocycles. The van der Waals surface area contributed by atoms with Crippen molar-refractivity contribution in [2.75, 3.05) is 6.54 Å². The van der Waals surface area contributed by atoms with Gasteiger partial charge in [0.25, 0.3) is 0 Å². The number of hydrogen-bond acceptors (Lipinski definition) is 4. The van der Waals surface area contributed by atoms with Crippen molar-refractivity contribution in [3.8, 4) is 0 Å². The van der Waals surface area contributed by atoms with E-state index >= 15 is 0 Å². The highest BCUT2D eigenvalue weighted by Crippen LogP contribution is 2.27. The number of nitrogens with one attached hydrogen (secondary N) is 1. The largest absolute Gasteiger partial charge is 0.307 e. The van der Waals surface area contributed by atoms with E-state index < -0.39 is 0 Å². The standard InChI is InChI=1S/C14H27N5/c1-3-11-15-12(2)14-16-17-18-19(14)13-9-7-5-4-6-8-10-13/h12-13,15H,3-11H2,1-2H3. The Bertz CT molecular complexity index is 354. The first kappa shape index (κ1) is 14.4. The van der Waals surface area contributed by atoms with Crippen molar-refractivity contribution < 1.29 is 0 Å². The van der Waals surface area contributed by atoms with E-state index in [0.29, 0.717) is 6.04 Å². The average Bonchev–Trinajstić information content (AvgIpc) is 2.84. The zero-order chi connectivity index (χ0) is 13.5. The van der Waals surface area contributed by atoms with Gasteiger partial charge in [-0.25, -0.2) is 4.68 Å². The zero-order valence-electron chi connectivity index (χ0n) is 12.3. The summed E-state index contributed by atoms with van der Waals surface area (Å²) in [6, 6.07) is 0.733. The Balaban J connectivity index is 2.04. The average molecular weight is 265 g/mol. The van der Waals surface area contributed by atoms with E-state index in [1.165, 1.54) is 44.9 Å². The Morgan fingerprint density at radius 3 is 2.58 bits per heavy atom. The first-order valence-electron chi connectivity index (χ1n) is 7.84. The first-order chi connectivity index (χ1) is 9.33. The van der Waals surface area contributed by atoms with Crippen LogP contribution in [-0.2, 0) is 0 Å². The first-order valence-corrected chi connectivity index (χ1v) is 7.84. The highest BCUT2D eigenvalue weighted by atomic mass is 15.6. The number of rotatable bonds is 5. The van der Waals surface area contributed by atoms with Crippen LogP contribution in [0.1, 0.15) is 83.1 Å². The molecule has 1 N–H and O–H groups in total. The second kappa shape index (κ2) is 7.58.